The highest BCUT2D eigenvalue weighted by atomic mass is 19.1. The SMILES string of the molecule is CC1CCC(C(O)c2cc(F)ccc2F)O1. The Bertz CT molecular complexity index is 381. The van der Waals surface area contributed by atoms with E-state index in [0.29, 0.717) is 6.42 Å². The molecule has 16 heavy (non-hydrogen) atoms. The summed E-state index contributed by atoms with van der Waals surface area (Å²) in [7, 11) is 0. The van der Waals surface area contributed by atoms with Crippen molar-refractivity contribution < 1.29 is 18.6 Å². The van der Waals surface area contributed by atoms with Crippen molar-refractivity contribution in [2.45, 2.75) is 38.1 Å². The van der Waals surface area contributed by atoms with Crippen LogP contribution in [0.3, 0.4) is 0 Å². The van der Waals surface area contributed by atoms with Crippen LogP contribution in [-0.2, 0) is 4.74 Å². The monoisotopic (exact) mass is 228 g/mol. The molecule has 3 atom stereocenters. The first kappa shape index (κ1) is 11.5. The quantitative estimate of drug-likeness (QED) is 0.843. The predicted octanol–water partition coefficient (Wildman–Crippen LogP) is 2.57. The molecule has 0 spiro atoms. The average molecular weight is 228 g/mol. The third kappa shape index (κ3) is 2.23. The van der Waals surface area contributed by atoms with Gasteiger partial charge in [0, 0.05) is 5.56 Å². The molecule has 1 N–H and O–H groups in total. The van der Waals surface area contributed by atoms with Crippen molar-refractivity contribution in [1.29, 1.82) is 0 Å². The first-order valence-corrected chi connectivity index (χ1v) is 5.36. The van der Waals surface area contributed by atoms with Gasteiger partial charge in [-0.2, -0.15) is 0 Å². The molecule has 1 aromatic carbocycles. The van der Waals surface area contributed by atoms with Crippen LogP contribution in [0, 0.1) is 11.6 Å². The second-order valence-corrected chi connectivity index (χ2v) is 4.17. The third-order valence-electron chi connectivity index (χ3n) is 2.89. The Morgan fingerprint density at radius 3 is 2.75 bits per heavy atom. The van der Waals surface area contributed by atoms with E-state index in [-0.39, 0.29) is 11.7 Å². The zero-order chi connectivity index (χ0) is 11.7. The Morgan fingerprint density at radius 2 is 2.12 bits per heavy atom. The minimum Gasteiger partial charge on any atom is -0.386 e. The van der Waals surface area contributed by atoms with Crippen molar-refractivity contribution >= 4 is 0 Å². The summed E-state index contributed by atoms with van der Waals surface area (Å²) in [5, 5.41) is 9.91. The minimum absolute atomic E-state index is 0.0286. The van der Waals surface area contributed by atoms with E-state index >= 15 is 0 Å². The van der Waals surface area contributed by atoms with Crippen LogP contribution in [0.2, 0.25) is 0 Å². The molecule has 1 heterocycles. The van der Waals surface area contributed by atoms with Gasteiger partial charge in [-0.25, -0.2) is 8.78 Å². The molecule has 1 fully saturated rings. The highest BCUT2D eigenvalue weighted by Crippen LogP contribution is 2.31. The lowest BCUT2D eigenvalue weighted by molar-refractivity contribution is -0.0311. The molecule has 88 valence electrons. The van der Waals surface area contributed by atoms with Gasteiger partial charge in [0.2, 0.25) is 0 Å². The molecule has 1 aliphatic rings. The Labute approximate surface area is 92.9 Å². The molecule has 1 aliphatic heterocycles. The third-order valence-corrected chi connectivity index (χ3v) is 2.89. The summed E-state index contributed by atoms with van der Waals surface area (Å²) in [5.41, 5.74) is -0.0286. The van der Waals surface area contributed by atoms with Crippen molar-refractivity contribution in [2.24, 2.45) is 0 Å². The number of aliphatic hydroxyl groups excluding tert-OH is 1. The summed E-state index contributed by atoms with van der Waals surface area (Å²) in [5.74, 6) is -1.15. The maximum absolute atomic E-state index is 13.4. The topological polar surface area (TPSA) is 29.5 Å². The van der Waals surface area contributed by atoms with E-state index in [1.807, 2.05) is 6.92 Å². The van der Waals surface area contributed by atoms with E-state index < -0.39 is 23.8 Å². The van der Waals surface area contributed by atoms with Gasteiger partial charge in [0.05, 0.1) is 12.2 Å². The molecule has 0 bridgehead atoms. The Morgan fingerprint density at radius 1 is 1.38 bits per heavy atom. The molecular weight excluding hydrogens is 214 g/mol. The van der Waals surface area contributed by atoms with E-state index in [4.69, 9.17) is 4.74 Å². The lowest BCUT2D eigenvalue weighted by Crippen LogP contribution is -2.19. The molecule has 2 nitrogen and oxygen atoms in total. The van der Waals surface area contributed by atoms with Gasteiger partial charge in [-0.15, -0.1) is 0 Å². The molecule has 1 aromatic rings. The Balaban J connectivity index is 2.20. The molecule has 3 unspecified atom stereocenters. The van der Waals surface area contributed by atoms with Gasteiger partial charge in [0.25, 0.3) is 0 Å². The van der Waals surface area contributed by atoms with Gasteiger partial charge in [0.15, 0.2) is 0 Å². The molecular formula is C12H14F2O2. The summed E-state index contributed by atoms with van der Waals surface area (Å²) in [6.07, 6.45) is 0.0277. The van der Waals surface area contributed by atoms with Gasteiger partial charge in [-0.1, -0.05) is 0 Å². The van der Waals surface area contributed by atoms with Crippen LogP contribution in [0.1, 0.15) is 31.4 Å². The Hall–Kier alpha value is -1.00. The molecule has 4 heteroatoms. The first-order valence-electron chi connectivity index (χ1n) is 5.36. The number of rotatable bonds is 2. The van der Waals surface area contributed by atoms with Crippen LogP contribution in [0.15, 0.2) is 18.2 Å². The number of hydrogen-bond donors (Lipinski definition) is 1. The maximum atomic E-state index is 13.4. The van der Waals surface area contributed by atoms with Crippen molar-refractivity contribution in [3.8, 4) is 0 Å². The summed E-state index contributed by atoms with van der Waals surface area (Å²) in [6, 6.07) is 3.07. The van der Waals surface area contributed by atoms with Crippen LogP contribution in [0.4, 0.5) is 8.78 Å². The van der Waals surface area contributed by atoms with Gasteiger partial charge in [0.1, 0.15) is 17.7 Å². The highest BCUT2D eigenvalue weighted by molar-refractivity contribution is 5.22. The minimum atomic E-state index is -1.10. The molecule has 1 saturated heterocycles. The summed E-state index contributed by atoms with van der Waals surface area (Å²) >= 11 is 0. The summed E-state index contributed by atoms with van der Waals surface area (Å²) < 4.78 is 31.8. The van der Waals surface area contributed by atoms with Crippen molar-refractivity contribution in [2.75, 3.05) is 0 Å². The van der Waals surface area contributed by atoms with Crippen molar-refractivity contribution in [3.05, 3.63) is 35.4 Å². The lowest BCUT2D eigenvalue weighted by atomic mass is 10.0. The van der Waals surface area contributed by atoms with E-state index in [1.165, 1.54) is 0 Å². The predicted molar refractivity (Wildman–Crippen MR) is 54.9 cm³/mol. The number of ether oxygens (including phenoxy) is 1. The number of benzene rings is 1. The molecule has 0 radical (unpaired) electrons. The smallest absolute Gasteiger partial charge is 0.129 e. The van der Waals surface area contributed by atoms with E-state index in [9.17, 15) is 13.9 Å². The first-order chi connectivity index (χ1) is 7.58. The zero-order valence-electron chi connectivity index (χ0n) is 8.99. The van der Waals surface area contributed by atoms with Gasteiger partial charge in [-0.05, 0) is 38.0 Å². The van der Waals surface area contributed by atoms with Crippen LogP contribution >= 0.6 is 0 Å². The summed E-state index contributed by atoms with van der Waals surface area (Å²) in [4.78, 5) is 0. The van der Waals surface area contributed by atoms with Gasteiger partial charge in [-0.3, -0.25) is 0 Å². The summed E-state index contributed by atoms with van der Waals surface area (Å²) in [6.45, 7) is 1.90. The fraction of sp³-hybridized carbons (Fsp3) is 0.500. The van der Waals surface area contributed by atoms with E-state index in [2.05, 4.69) is 0 Å². The fourth-order valence-corrected chi connectivity index (χ4v) is 2.01. The molecule has 0 aromatic heterocycles. The highest BCUT2D eigenvalue weighted by Gasteiger charge is 2.30. The van der Waals surface area contributed by atoms with Crippen LogP contribution in [0.25, 0.3) is 0 Å². The number of aliphatic hydroxyl groups is 1. The zero-order valence-corrected chi connectivity index (χ0v) is 8.99. The standard InChI is InChI=1S/C12H14F2O2/c1-7-2-5-11(16-7)12(15)9-6-8(13)3-4-10(9)14/h3-4,6-7,11-12,15H,2,5H2,1H3. The van der Waals surface area contributed by atoms with Crippen LogP contribution < -0.4 is 0 Å². The van der Waals surface area contributed by atoms with E-state index in [0.717, 1.165) is 24.6 Å². The molecule has 0 aliphatic carbocycles. The van der Waals surface area contributed by atoms with Gasteiger partial charge >= 0.3 is 0 Å². The molecule has 2 rings (SSSR count). The molecule has 0 amide bonds. The second-order valence-electron chi connectivity index (χ2n) is 4.17. The van der Waals surface area contributed by atoms with Crippen molar-refractivity contribution in [3.63, 3.8) is 0 Å². The van der Waals surface area contributed by atoms with Gasteiger partial charge < -0.3 is 9.84 Å². The van der Waals surface area contributed by atoms with Crippen LogP contribution in [0.5, 0.6) is 0 Å². The number of hydrogen-bond acceptors (Lipinski definition) is 2. The second kappa shape index (κ2) is 4.47. The number of halogens is 2. The Kier molecular flexibility index (Phi) is 3.21. The largest absolute Gasteiger partial charge is 0.386 e. The molecule has 0 saturated carbocycles. The fourth-order valence-electron chi connectivity index (χ4n) is 2.01. The maximum Gasteiger partial charge on any atom is 0.129 e. The average Bonchev–Trinajstić information content (AvgIpc) is 2.67. The normalized spacial score (nSPS) is 27.0. The van der Waals surface area contributed by atoms with E-state index in [1.54, 1.807) is 0 Å². The van der Waals surface area contributed by atoms with Crippen LogP contribution in [-0.4, -0.2) is 17.3 Å². The van der Waals surface area contributed by atoms with Crippen molar-refractivity contribution in [1.82, 2.24) is 0 Å². The lowest BCUT2D eigenvalue weighted by Gasteiger charge is -2.19.